The van der Waals surface area contributed by atoms with Crippen molar-refractivity contribution in [2.24, 2.45) is 5.92 Å². The fourth-order valence-electron chi connectivity index (χ4n) is 4.56. The molecule has 5 rings (SSSR count). The Hall–Kier alpha value is -3.26. The molecule has 1 N–H and O–H groups in total. The van der Waals surface area contributed by atoms with Gasteiger partial charge in [0, 0.05) is 36.6 Å². The Morgan fingerprint density at radius 2 is 1.94 bits per heavy atom. The van der Waals surface area contributed by atoms with Crippen LogP contribution in [-0.2, 0) is 9.47 Å². The first-order valence-electron chi connectivity index (χ1n) is 12.3. The number of carbonyl (C=O) groups is 1. The van der Waals surface area contributed by atoms with Crippen molar-refractivity contribution in [3.8, 4) is 22.6 Å². The number of aromatic hydroxyl groups is 1. The van der Waals surface area contributed by atoms with Crippen molar-refractivity contribution >= 4 is 17.0 Å². The Balaban J connectivity index is 1.36. The zero-order chi connectivity index (χ0) is 24.6. The third-order valence-electron chi connectivity index (χ3n) is 6.39. The van der Waals surface area contributed by atoms with Gasteiger partial charge in [0.2, 0.25) is 0 Å². The minimum absolute atomic E-state index is 0.0606. The number of benzene rings is 2. The van der Waals surface area contributed by atoms with Gasteiger partial charge in [0.05, 0.1) is 18.3 Å². The van der Waals surface area contributed by atoms with E-state index in [4.69, 9.17) is 14.2 Å². The minimum atomic E-state index is -0.500. The summed E-state index contributed by atoms with van der Waals surface area (Å²) >= 11 is 0. The number of phenolic OH excluding ortho intramolecular Hbond substituents is 1. The highest BCUT2D eigenvalue weighted by Gasteiger charge is 2.34. The van der Waals surface area contributed by atoms with Crippen LogP contribution in [0.3, 0.4) is 0 Å². The van der Waals surface area contributed by atoms with Crippen molar-refractivity contribution < 1.29 is 24.1 Å². The van der Waals surface area contributed by atoms with E-state index in [2.05, 4.69) is 11.2 Å². The predicted molar refractivity (Wildman–Crippen MR) is 132 cm³/mol. The predicted octanol–water partition coefficient (Wildman–Crippen LogP) is 5.35. The van der Waals surface area contributed by atoms with Crippen molar-refractivity contribution in [1.29, 1.82) is 0 Å². The third kappa shape index (κ3) is 5.22. The van der Waals surface area contributed by atoms with E-state index in [-0.39, 0.29) is 24.0 Å². The van der Waals surface area contributed by atoms with Crippen LogP contribution in [-0.4, -0.2) is 57.8 Å². The Morgan fingerprint density at radius 3 is 2.63 bits per heavy atom. The summed E-state index contributed by atoms with van der Waals surface area (Å²) in [7, 11) is 0. The number of aromatic nitrogens is 2. The SMILES string of the molecule is CC(C)(C)OC(=O)N1CC(COc2cc3cnn(C4CCCCO4)c3cc2-c2ccc(O)cc2)C1. The molecule has 1 atom stereocenters. The second-order valence-corrected chi connectivity index (χ2v) is 10.4. The second-order valence-electron chi connectivity index (χ2n) is 10.4. The summed E-state index contributed by atoms with van der Waals surface area (Å²) < 4.78 is 19.7. The number of phenols is 1. The number of ether oxygens (including phenoxy) is 3. The molecule has 2 aliphatic rings. The summed E-state index contributed by atoms with van der Waals surface area (Å²) in [4.78, 5) is 13.9. The molecule has 186 valence electrons. The molecule has 35 heavy (non-hydrogen) atoms. The second kappa shape index (κ2) is 9.41. The molecule has 8 heteroatoms. The number of amides is 1. The molecule has 8 nitrogen and oxygen atoms in total. The van der Waals surface area contributed by atoms with Crippen LogP contribution in [0.1, 0.15) is 46.3 Å². The maximum Gasteiger partial charge on any atom is 0.410 e. The lowest BCUT2D eigenvalue weighted by Gasteiger charge is -2.39. The normalized spacial score (nSPS) is 18.9. The van der Waals surface area contributed by atoms with Gasteiger partial charge in [-0.3, -0.25) is 0 Å². The maximum atomic E-state index is 12.2. The average Bonchev–Trinajstić information content (AvgIpc) is 3.20. The van der Waals surface area contributed by atoms with Crippen LogP contribution in [0.5, 0.6) is 11.5 Å². The number of nitrogens with zero attached hydrogens (tertiary/aromatic N) is 3. The Bertz CT molecular complexity index is 1190. The van der Waals surface area contributed by atoms with Crippen molar-refractivity contribution in [2.45, 2.75) is 51.9 Å². The summed E-state index contributed by atoms with van der Waals surface area (Å²) in [5, 5.41) is 15.4. The first kappa shape index (κ1) is 23.5. The Morgan fingerprint density at radius 1 is 1.17 bits per heavy atom. The highest BCUT2D eigenvalue weighted by Crippen LogP contribution is 2.37. The van der Waals surface area contributed by atoms with Crippen LogP contribution in [0.2, 0.25) is 0 Å². The van der Waals surface area contributed by atoms with Crippen molar-refractivity contribution in [1.82, 2.24) is 14.7 Å². The van der Waals surface area contributed by atoms with Gasteiger partial charge in [0.15, 0.2) is 6.23 Å². The summed E-state index contributed by atoms with van der Waals surface area (Å²) in [5.41, 5.74) is 2.37. The van der Waals surface area contributed by atoms with Gasteiger partial charge in [-0.25, -0.2) is 9.48 Å². The van der Waals surface area contributed by atoms with Gasteiger partial charge in [0.25, 0.3) is 0 Å². The molecule has 1 amide bonds. The zero-order valence-electron chi connectivity index (χ0n) is 20.6. The van der Waals surface area contributed by atoms with Crippen LogP contribution in [0, 0.1) is 5.92 Å². The molecule has 2 saturated heterocycles. The van der Waals surface area contributed by atoms with E-state index >= 15 is 0 Å². The van der Waals surface area contributed by atoms with Crippen LogP contribution < -0.4 is 4.74 Å². The number of hydrogen-bond acceptors (Lipinski definition) is 6. The molecule has 0 spiro atoms. The van der Waals surface area contributed by atoms with Gasteiger partial charge in [-0.15, -0.1) is 0 Å². The van der Waals surface area contributed by atoms with Crippen LogP contribution in [0.15, 0.2) is 42.6 Å². The van der Waals surface area contributed by atoms with Crippen molar-refractivity contribution in [2.75, 3.05) is 26.3 Å². The van der Waals surface area contributed by atoms with Crippen molar-refractivity contribution in [3.63, 3.8) is 0 Å². The number of hydrogen-bond donors (Lipinski definition) is 1. The lowest BCUT2D eigenvalue weighted by atomic mass is 10.0. The van der Waals surface area contributed by atoms with Gasteiger partial charge in [-0.2, -0.15) is 5.10 Å². The summed E-state index contributed by atoms with van der Waals surface area (Å²) in [6.07, 6.45) is 4.67. The first-order valence-corrected chi connectivity index (χ1v) is 12.3. The zero-order valence-corrected chi connectivity index (χ0v) is 20.6. The van der Waals surface area contributed by atoms with E-state index < -0.39 is 5.60 Å². The van der Waals surface area contributed by atoms with Crippen LogP contribution in [0.25, 0.3) is 22.0 Å². The standard InChI is InChI=1S/C27H33N3O5/c1-27(2,3)35-26(32)29-15-18(16-29)17-34-24-12-20-14-28-30(25-6-4-5-11-33-25)23(20)13-22(24)19-7-9-21(31)10-8-19/h7-10,12-14,18,25,31H,4-6,11,15-17H2,1-3H3. The van der Waals surface area contributed by atoms with Crippen LogP contribution in [0.4, 0.5) is 4.79 Å². The monoisotopic (exact) mass is 479 g/mol. The van der Waals surface area contributed by atoms with E-state index in [9.17, 15) is 9.90 Å². The molecular formula is C27H33N3O5. The number of rotatable bonds is 5. The molecule has 1 aromatic heterocycles. The molecular weight excluding hydrogens is 446 g/mol. The Kier molecular flexibility index (Phi) is 6.32. The van der Waals surface area contributed by atoms with Crippen molar-refractivity contribution in [3.05, 3.63) is 42.6 Å². The highest BCUT2D eigenvalue weighted by atomic mass is 16.6. The molecule has 3 aromatic rings. The van der Waals surface area contributed by atoms with E-state index in [1.807, 2.05) is 49.8 Å². The molecule has 2 fully saturated rings. The summed E-state index contributed by atoms with van der Waals surface area (Å²) in [5.74, 6) is 1.21. The maximum absolute atomic E-state index is 12.2. The lowest BCUT2D eigenvalue weighted by Crippen LogP contribution is -2.53. The first-order chi connectivity index (χ1) is 16.8. The molecule has 2 aromatic carbocycles. The molecule has 0 bridgehead atoms. The number of fused-ring (bicyclic) bond motifs is 1. The number of likely N-dealkylation sites (tertiary alicyclic amines) is 1. The fourth-order valence-corrected chi connectivity index (χ4v) is 4.56. The Labute approximate surface area is 205 Å². The smallest absolute Gasteiger partial charge is 0.410 e. The quantitative estimate of drug-likeness (QED) is 0.531. The molecule has 1 unspecified atom stereocenters. The topological polar surface area (TPSA) is 86.0 Å². The van der Waals surface area contributed by atoms with Gasteiger partial charge in [-0.1, -0.05) is 12.1 Å². The van der Waals surface area contributed by atoms with E-state index in [1.165, 1.54) is 0 Å². The van der Waals surface area contributed by atoms with Gasteiger partial charge >= 0.3 is 6.09 Å². The molecule has 0 aliphatic carbocycles. The van der Waals surface area contributed by atoms with Gasteiger partial charge in [-0.05, 0) is 69.9 Å². The molecule has 0 saturated carbocycles. The van der Waals surface area contributed by atoms with Gasteiger partial charge < -0.3 is 24.2 Å². The largest absolute Gasteiger partial charge is 0.508 e. The van der Waals surface area contributed by atoms with E-state index in [0.29, 0.717) is 19.7 Å². The highest BCUT2D eigenvalue weighted by molar-refractivity contribution is 5.88. The summed E-state index contributed by atoms with van der Waals surface area (Å²) in [6.45, 7) is 8.08. The van der Waals surface area contributed by atoms with E-state index in [0.717, 1.165) is 53.6 Å². The average molecular weight is 480 g/mol. The summed E-state index contributed by atoms with van der Waals surface area (Å²) in [6, 6.07) is 11.2. The molecule has 3 heterocycles. The van der Waals surface area contributed by atoms with Gasteiger partial charge in [0.1, 0.15) is 17.1 Å². The molecule has 2 aliphatic heterocycles. The minimum Gasteiger partial charge on any atom is -0.508 e. The number of carbonyl (C=O) groups excluding carboxylic acids is 1. The van der Waals surface area contributed by atoms with Crippen LogP contribution >= 0.6 is 0 Å². The third-order valence-corrected chi connectivity index (χ3v) is 6.39. The fraction of sp³-hybridized carbons (Fsp3) is 0.481. The lowest BCUT2D eigenvalue weighted by molar-refractivity contribution is -0.0366. The van der Waals surface area contributed by atoms with E-state index in [1.54, 1.807) is 17.0 Å². The molecule has 0 radical (unpaired) electrons.